The lowest BCUT2D eigenvalue weighted by atomic mass is 9.44. The fourth-order valence-corrected chi connectivity index (χ4v) is 8.50. The van der Waals surface area contributed by atoms with Crippen molar-refractivity contribution >= 4 is 0 Å². The van der Waals surface area contributed by atoms with Crippen LogP contribution in [0.25, 0.3) is 0 Å². The van der Waals surface area contributed by atoms with Crippen LogP contribution in [0.3, 0.4) is 0 Å². The number of hydrogen-bond donors (Lipinski definition) is 1. The fourth-order valence-electron chi connectivity index (χ4n) is 8.50. The smallest absolute Gasteiger partial charge is 0.0614 e. The van der Waals surface area contributed by atoms with Gasteiger partial charge in [0.25, 0.3) is 0 Å². The van der Waals surface area contributed by atoms with Crippen molar-refractivity contribution in [3.05, 3.63) is 0 Å². The van der Waals surface area contributed by atoms with Gasteiger partial charge in [-0.2, -0.15) is 0 Å². The summed E-state index contributed by atoms with van der Waals surface area (Å²) >= 11 is 0. The van der Waals surface area contributed by atoms with E-state index in [1.165, 1.54) is 51.4 Å². The normalized spacial score (nSPS) is 55.6. The Hall–Kier alpha value is -0.0800. The molecule has 144 valence electrons. The van der Waals surface area contributed by atoms with E-state index in [1.54, 1.807) is 0 Å². The van der Waals surface area contributed by atoms with Crippen LogP contribution in [0.4, 0.5) is 0 Å². The van der Waals surface area contributed by atoms with Gasteiger partial charge in [-0.05, 0) is 106 Å². The van der Waals surface area contributed by atoms with Crippen LogP contribution < -0.4 is 0 Å². The minimum absolute atomic E-state index is 0.0980. The van der Waals surface area contributed by atoms with Crippen molar-refractivity contribution in [2.75, 3.05) is 14.1 Å². The van der Waals surface area contributed by atoms with Crippen molar-refractivity contribution in [1.29, 1.82) is 0 Å². The van der Waals surface area contributed by atoms with Crippen molar-refractivity contribution in [3.8, 4) is 0 Å². The van der Waals surface area contributed by atoms with Gasteiger partial charge in [0.2, 0.25) is 0 Å². The predicted molar refractivity (Wildman–Crippen MR) is 104 cm³/mol. The second kappa shape index (κ2) is 6.23. The first kappa shape index (κ1) is 18.3. The summed E-state index contributed by atoms with van der Waals surface area (Å²) in [5.74, 6) is 4.30. The van der Waals surface area contributed by atoms with Crippen LogP contribution >= 0.6 is 0 Å². The van der Waals surface area contributed by atoms with Gasteiger partial charge in [-0.3, -0.25) is 0 Å². The Morgan fingerprint density at radius 3 is 2.40 bits per heavy atom. The number of aliphatic hydroxyl groups is 1. The molecule has 4 rings (SSSR count). The monoisotopic (exact) mass is 347 g/mol. The molecule has 4 fully saturated rings. The average molecular weight is 348 g/mol. The average Bonchev–Trinajstić information content (AvgIpc) is 2.92. The van der Waals surface area contributed by atoms with Gasteiger partial charge in [-0.15, -0.1) is 0 Å². The van der Waals surface area contributed by atoms with Crippen molar-refractivity contribution < 1.29 is 5.11 Å². The SMILES string of the molecule is CC[C@H]1CC[C@H]2[C@@H]3CC[C@H]4C[C@H](N(C)C)C[C@@H](O)[C@]4(C)[C@H]3CC[C@]12C. The topological polar surface area (TPSA) is 23.5 Å². The highest BCUT2D eigenvalue weighted by Gasteiger charge is 2.62. The summed E-state index contributed by atoms with van der Waals surface area (Å²) in [4.78, 5) is 2.36. The van der Waals surface area contributed by atoms with E-state index < -0.39 is 0 Å². The summed E-state index contributed by atoms with van der Waals surface area (Å²) in [6.07, 6.45) is 12.1. The van der Waals surface area contributed by atoms with Gasteiger partial charge in [-0.1, -0.05) is 27.2 Å². The number of hydrogen-bond acceptors (Lipinski definition) is 2. The van der Waals surface area contributed by atoms with Gasteiger partial charge >= 0.3 is 0 Å². The molecular formula is C23H41NO. The van der Waals surface area contributed by atoms with Gasteiger partial charge in [0, 0.05) is 6.04 Å². The molecule has 0 aliphatic heterocycles. The van der Waals surface area contributed by atoms with Gasteiger partial charge in [0.15, 0.2) is 0 Å². The summed E-state index contributed by atoms with van der Waals surface area (Å²) in [5.41, 5.74) is 0.784. The van der Waals surface area contributed by atoms with Crippen LogP contribution in [0.2, 0.25) is 0 Å². The molecule has 0 aromatic rings. The zero-order valence-corrected chi connectivity index (χ0v) is 17.3. The van der Waals surface area contributed by atoms with Gasteiger partial charge in [0.1, 0.15) is 0 Å². The highest BCUT2D eigenvalue weighted by atomic mass is 16.3. The van der Waals surface area contributed by atoms with E-state index in [4.69, 9.17) is 0 Å². The summed E-state index contributed by atoms with van der Waals surface area (Å²) in [7, 11) is 4.39. The molecule has 4 aliphatic carbocycles. The van der Waals surface area contributed by atoms with Crippen molar-refractivity contribution in [2.45, 2.75) is 90.7 Å². The van der Waals surface area contributed by atoms with Crippen LogP contribution in [-0.4, -0.2) is 36.2 Å². The molecule has 0 heterocycles. The molecule has 0 bridgehead atoms. The molecule has 0 aromatic carbocycles. The minimum Gasteiger partial charge on any atom is -0.392 e. The van der Waals surface area contributed by atoms with Crippen molar-refractivity contribution in [1.82, 2.24) is 4.90 Å². The van der Waals surface area contributed by atoms with Crippen LogP contribution in [0.5, 0.6) is 0 Å². The molecule has 4 saturated carbocycles. The van der Waals surface area contributed by atoms with Crippen LogP contribution in [-0.2, 0) is 0 Å². The third kappa shape index (κ3) is 2.49. The van der Waals surface area contributed by atoms with Crippen molar-refractivity contribution in [3.63, 3.8) is 0 Å². The number of aliphatic hydroxyl groups excluding tert-OH is 1. The molecule has 0 radical (unpaired) electrons. The Kier molecular flexibility index (Phi) is 4.56. The zero-order valence-electron chi connectivity index (χ0n) is 17.3. The standard InChI is InChI=1S/C23H41NO/c1-6-15-8-10-19-18-9-7-16-13-17(24(4)5)14-21(25)23(16,3)20(18)11-12-22(15,19)2/h15-21,25H,6-14H2,1-5H3/t15-,16-,17-,18-,19-,20-,21+,22+,23-/m0/s1. The quantitative estimate of drug-likeness (QED) is 0.763. The molecule has 0 unspecified atom stereocenters. The van der Waals surface area contributed by atoms with E-state index in [-0.39, 0.29) is 11.5 Å². The highest BCUT2D eigenvalue weighted by Crippen LogP contribution is 2.67. The first-order chi connectivity index (χ1) is 11.8. The molecule has 25 heavy (non-hydrogen) atoms. The maximum Gasteiger partial charge on any atom is 0.0614 e. The molecule has 2 nitrogen and oxygen atoms in total. The molecule has 0 spiro atoms. The van der Waals surface area contributed by atoms with Crippen molar-refractivity contribution in [2.24, 2.45) is 40.4 Å². The molecule has 2 heteroatoms. The van der Waals surface area contributed by atoms with Crippen LogP contribution in [0, 0.1) is 40.4 Å². The first-order valence-electron chi connectivity index (χ1n) is 11.2. The van der Waals surface area contributed by atoms with Gasteiger partial charge in [-0.25, -0.2) is 0 Å². The molecule has 9 atom stereocenters. The molecule has 0 aromatic heterocycles. The highest BCUT2D eigenvalue weighted by molar-refractivity contribution is 5.11. The van der Waals surface area contributed by atoms with E-state index in [0.717, 1.165) is 36.0 Å². The van der Waals surface area contributed by atoms with Gasteiger partial charge < -0.3 is 10.0 Å². The lowest BCUT2D eigenvalue weighted by Crippen LogP contribution is -2.60. The second-order valence-corrected chi connectivity index (χ2v) is 10.8. The summed E-state index contributed by atoms with van der Waals surface area (Å²) < 4.78 is 0. The van der Waals surface area contributed by atoms with E-state index >= 15 is 0 Å². The zero-order chi connectivity index (χ0) is 18.0. The molecule has 4 aliphatic rings. The Bertz CT molecular complexity index is 504. The molecule has 1 N–H and O–H groups in total. The number of nitrogens with zero attached hydrogens (tertiary/aromatic N) is 1. The Labute approximate surface area is 155 Å². The number of fused-ring (bicyclic) bond motifs is 5. The summed E-state index contributed by atoms with van der Waals surface area (Å²) in [6, 6.07) is 0.578. The fraction of sp³-hybridized carbons (Fsp3) is 1.00. The third-order valence-corrected chi connectivity index (χ3v) is 10.2. The Balaban J connectivity index is 1.60. The van der Waals surface area contributed by atoms with E-state index in [0.29, 0.717) is 11.5 Å². The molecular weight excluding hydrogens is 306 g/mol. The largest absolute Gasteiger partial charge is 0.392 e. The van der Waals surface area contributed by atoms with Crippen LogP contribution in [0.1, 0.15) is 78.6 Å². The lowest BCUT2D eigenvalue weighted by Gasteiger charge is -2.63. The van der Waals surface area contributed by atoms with E-state index in [1.807, 2.05) is 0 Å². The Morgan fingerprint density at radius 1 is 0.960 bits per heavy atom. The Morgan fingerprint density at radius 2 is 1.72 bits per heavy atom. The third-order valence-electron chi connectivity index (χ3n) is 10.2. The number of rotatable bonds is 2. The van der Waals surface area contributed by atoms with Crippen LogP contribution in [0.15, 0.2) is 0 Å². The predicted octanol–water partition coefficient (Wildman–Crippen LogP) is 4.96. The maximum absolute atomic E-state index is 11.3. The van der Waals surface area contributed by atoms with Gasteiger partial charge in [0.05, 0.1) is 6.10 Å². The maximum atomic E-state index is 11.3. The summed E-state index contributed by atoms with van der Waals surface area (Å²) in [6.45, 7) is 7.53. The molecule has 0 saturated heterocycles. The molecule has 0 amide bonds. The first-order valence-corrected chi connectivity index (χ1v) is 11.2. The second-order valence-electron chi connectivity index (χ2n) is 10.8. The minimum atomic E-state index is -0.0980. The van der Waals surface area contributed by atoms with E-state index in [2.05, 4.69) is 39.8 Å². The summed E-state index contributed by atoms with van der Waals surface area (Å²) in [5, 5.41) is 11.3. The lowest BCUT2D eigenvalue weighted by molar-refractivity contribution is -0.173. The van der Waals surface area contributed by atoms with E-state index in [9.17, 15) is 5.11 Å².